The number of ether oxygens (including phenoxy) is 2. The van der Waals surface area contributed by atoms with Crippen molar-refractivity contribution in [2.75, 3.05) is 7.11 Å². The average molecular weight is 373 g/mol. The van der Waals surface area contributed by atoms with Crippen LogP contribution in [0.25, 0.3) is 0 Å². The summed E-state index contributed by atoms with van der Waals surface area (Å²) in [7, 11) is 1.37. The van der Waals surface area contributed by atoms with Gasteiger partial charge in [0.2, 0.25) is 5.88 Å². The summed E-state index contributed by atoms with van der Waals surface area (Å²) >= 11 is 2.01. The Labute approximate surface area is 121 Å². The molecule has 0 aliphatic carbocycles. The molecule has 19 heavy (non-hydrogen) atoms. The van der Waals surface area contributed by atoms with Gasteiger partial charge in [0.1, 0.15) is 12.1 Å². The molecule has 0 aliphatic rings. The van der Waals surface area contributed by atoms with E-state index in [0.717, 1.165) is 0 Å². The maximum absolute atomic E-state index is 10.9. The molecule has 0 unspecified atom stereocenters. The standard InChI is InChI=1S/C11H8IN3O4/c1-18-10-3-2-7(4-9(10)15(16)17)19-11-8(12)5-13-6-14-11/h2-6H,1H3. The van der Waals surface area contributed by atoms with E-state index in [4.69, 9.17) is 9.47 Å². The highest BCUT2D eigenvalue weighted by Crippen LogP contribution is 2.33. The van der Waals surface area contributed by atoms with Crippen molar-refractivity contribution >= 4 is 28.3 Å². The summed E-state index contributed by atoms with van der Waals surface area (Å²) in [6, 6.07) is 4.34. The quantitative estimate of drug-likeness (QED) is 0.465. The number of hydrogen-bond acceptors (Lipinski definition) is 6. The molecule has 1 aromatic carbocycles. The van der Waals surface area contributed by atoms with E-state index >= 15 is 0 Å². The van der Waals surface area contributed by atoms with Crippen LogP contribution in [0, 0.1) is 13.7 Å². The Morgan fingerprint density at radius 2 is 2.21 bits per heavy atom. The highest BCUT2D eigenvalue weighted by atomic mass is 127. The van der Waals surface area contributed by atoms with E-state index in [-0.39, 0.29) is 11.4 Å². The van der Waals surface area contributed by atoms with Crippen molar-refractivity contribution in [2.45, 2.75) is 0 Å². The van der Waals surface area contributed by atoms with Gasteiger partial charge in [0, 0.05) is 6.20 Å². The van der Waals surface area contributed by atoms with E-state index in [1.54, 1.807) is 12.3 Å². The molecule has 8 heteroatoms. The van der Waals surface area contributed by atoms with Gasteiger partial charge in [0.25, 0.3) is 0 Å². The van der Waals surface area contributed by atoms with Gasteiger partial charge in [-0.05, 0) is 34.7 Å². The van der Waals surface area contributed by atoms with Crippen LogP contribution in [0.1, 0.15) is 0 Å². The van der Waals surface area contributed by atoms with Crippen LogP contribution < -0.4 is 9.47 Å². The predicted molar refractivity (Wildman–Crippen MR) is 74.5 cm³/mol. The summed E-state index contributed by atoms with van der Waals surface area (Å²) < 4.78 is 11.1. The zero-order valence-electron chi connectivity index (χ0n) is 9.74. The SMILES string of the molecule is COc1ccc(Oc2ncncc2I)cc1[N+](=O)[O-]. The van der Waals surface area contributed by atoms with Gasteiger partial charge >= 0.3 is 5.69 Å². The van der Waals surface area contributed by atoms with Crippen LogP contribution in [0.4, 0.5) is 5.69 Å². The number of hydrogen-bond donors (Lipinski definition) is 0. The summed E-state index contributed by atoms with van der Waals surface area (Å²) in [5.41, 5.74) is -0.163. The van der Waals surface area contributed by atoms with E-state index in [0.29, 0.717) is 15.2 Å². The fourth-order valence-electron chi connectivity index (χ4n) is 1.36. The zero-order valence-corrected chi connectivity index (χ0v) is 11.9. The summed E-state index contributed by atoms with van der Waals surface area (Å²) in [6.07, 6.45) is 2.93. The molecule has 98 valence electrons. The summed E-state index contributed by atoms with van der Waals surface area (Å²) in [6.45, 7) is 0. The van der Waals surface area contributed by atoms with Gasteiger partial charge in [-0.15, -0.1) is 0 Å². The van der Waals surface area contributed by atoms with Crippen molar-refractivity contribution in [3.8, 4) is 17.4 Å². The molecule has 1 heterocycles. The lowest BCUT2D eigenvalue weighted by atomic mass is 10.3. The maximum Gasteiger partial charge on any atom is 0.314 e. The van der Waals surface area contributed by atoms with E-state index in [9.17, 15) is 10.1 Å². The lowest BCUT2D eigenvalue weighted by Gasteiger charge is -2.07. The molecule has 0 N–H and O–H groups in total. The first-order chi connectivity index (χ1) is 9.11. The smallest absolute Gasteiger partial charge is 0.314 e. The minimum absolute atomic E-state index is 0.163. The minimum atomic E-state index is -0.531. The van der Waals surface area contributed by atoms with Crippen molar-refractivity contribution in [2.24, 2.45) is 0 Å². The Hall–Kier alpha value is -1.97. The van der Waals surface area contributed by atoms with Crippen LogP contribution in [0.15, 0.2) is 30.7 Å². The molecule has 0 saturated carbocycles. The number of benzene rings is 1. The topological polar surface area (TPSA) is 87.4 Å². The van der Waals surface area contributed by atoms with Crippen LogP contribution in [0.3, 0.4) is 0 Å². The van der Waals surface area contributed by atoms with Gasteiger partial charge in [-0.2, -0.15) is 0 Å². The van der Waals surface area contributed by atoms with E-state index in [1.165, 1.54) is 25.6 Å². The summed E-state index contributed by atoms with van der Waals surface area (Å²) in [5, 5.41) is 10.9. The normalized spacial score (nSPS) is 10.0. The number of nitro groups is 1. The number of rotatable bonds is 4. The number of methoxy groups -OCH3 is 1. The Morgan fingerprint density at radius 1 is 1.42 bits per heavy atom. The lowest BCUT2D eigenvalue weighted by molar-refractivity contribution is -0.385. The Bertz CT molecular complexity index is 621. The van der Waals surface area contributed by atoms with Crippen molar-refractivity contribution in [1.29, 1.82) is 0 Å². The number of nitro benzene ring substituents is 1. The minimum Gasteiger partial charge on any atom is -0.490 e. The molecule has 7 nitrogen and oxygen atoms in total. The van der Waals surface area contributed by atoms with Gasteiger partial charge < -0.3 is 9.47 Å². The van der Waals surface area contributed by atoms with Crippen LogP contribution in [-0.4, -0.2) is 22.0 Å². The molecule has 2 aromatic rings. The third kappa shape index (κ3) is 3.08. The predicted octanol–water partition coefficient (Wildman–Crippen LogP) is 2.79. The van der Waals surface area contributed by atoms with E-state index in [2.05, 4.69) is 9.97 Å². The van der Waals surface area contributed by atoms with Gasteiger partial charge in [-0.3, -0.25) is 10.1 Å². The van der Waals surface area contributed by atoms with Crippen LogP contribution >= 0.6 is 22.6 Å². The Kier molecular flexibility index (Phi) is 4.10. The fourth-order valence-corrected chi connectivity index (χ4v) is 1.77. The first-order valence-electron chi connectivity index (χ1n) is 5.07. The molecule has 0 radical (unpaired) electrons. The second-order valence-electron chi connectivity index (χ2n) is 3.37. The van der Waals surface area contributed by atoms with Crippen LogP contribution in [0.2, 0.25) is 0 Å². The fraction of sp³-hybridized carbons (Fsp3) is 0.0909. The Balaban J connectivity index is 2.34. The molecular weight excluding hydrogens is 365 g/mol. The summed E-state index contributed by atoms with van der Waals surface area (Å²) in [5.74, 6) is 0.828. The molecule has 0 fully saturated rings. The van der Waals surface area contributed by atoms with Crippen molar-refractivity contribution in [3.05, 3.63) is 44.4 Å². The number of nitrogens with zero attached hydrogens (tertiary/aromatic N) is 3. The van der Waals surface area contributed by atoms with Crippen molar-refractivity contribution < 1.29 is 14.4 Å². The van der Waals surface area contributed by atoms with E-state index < -0.39 is 4.92 Å². The van der Waals surface area contributed by atoms with Crippen LogP contribution in [0.5, 0.6) is 17.4 Å². The van der Waals surface area contributed by atoms with Gasteiger partial charge in [-0.1, -0.05) is 0 Å². The van der Waals surface area contributed by atoms with Crippen molar-refractivity contribution in [3.63, 3.8) is 0 Å². The molecule has 0 saturated heterocycles. The van der Waals surface area contributed by atoms with Crippen LogP contribution in [-0.2, 0) is 0 Å². The average Bonchev–Trinajstić information content (AvgIpc) is 2.41. The number of halogens is 1. The third-order valence-corrected chi connectivity index (χ3v) is 2.94. The van der Waals surface area contributed by atoms with E-state index in [1.807, 2.05) is 22.6 Å². The first kappa shape index (κ1) is 13.5. The molecule has 0 amide bonds. The summed E-state index contributed by atoms with van der Waals surface area (Å²) in [4.78, 5) is 18.1. The highest BCUT2D eigenvalue weighted by Gasteiger charge is 2.16. The second kappa shape index (κ2) is 5.78. The van der Waals surface area contributed by atoms with Crippen molar-refractivity contribution in [1.82, 2.24) is 9.97 Å². The lowest BCUT2D eigenvalue weighted by Crippen LogP contribution is -1.96. The molecule has 2 rings (SSSR count). The molecule has 1 aromatic heterocycles. The molecule has 0 bridgehead atoms. The molecule has 0 spiro atoms. The highest BCUT2D eigenvalue weighted by molar-refractivity contribution is 14.1. The van der Waals surface area contributed by atoms with Gasteiger partial charge in [0.05, 0.1) is 21.7 Å². The van der Waals surface area contributed by atoms with Gasteiger partial charge in [0.15, 0.2) is 5.75 Å². The molecular formula is C11H8IN3O4. The maximum atomic E-state index is 10.9. The third-order valence-electron chi connectivity index (χ3n) is 2.20. The number of aromatic nitrogens is 2. The molecule has 0 aliphatic heterocycles. The molecule has 0 atom stereocenters. The Morgan fingerprint density at radius 3 is 2.84 bits per heavy atom. The van der Waals surface area contributed by atoms with Gasteiger partial charge in [-0.25, -0.2) is 9.97 Å². The monoisotopic (exact) mass is 373 g/mol. The second-order valence-corrected chi connectivity index (χ2v) is 4.53. The largest absolute Gasteiger partial charge is 0.490 e. The zero-order chi connectivity index (χ0) is 13.8. The first-order valence-corrected chi connectivity index (χ1v) is 6.15.